The molecule has 0 saturated carbocycles. The van der Waals surface area contributed by atoms with Crippen LogP contribution < -0.4 is 0 Å². The fourth-order valence-electron chi connectivity index (χ4n) is 0.661. The Hall–Kier alpha value is -0.700. The van der Waals surface area contributed by atoms with Crippen molar-refractivity contribution >= 4 is 11.6 Å². The molecule has 1 heterocycles. The number of rotatable bonds is 3. The molecule has 1 aromatic rings. The lowest BCUT2D eigenvalue weighted by molar-refractivity contribution is 0.341. The fourth-order valence-corrected chi connectivity index (χ4v) is 0.795. The minimum Gasteiger partial charge on any atom is -0.491 e. The van der Waals surface area contributed by atoms with E-state index in [4.69, 9.17) is 21.2 Å². The highest BCUT2D eigenvalue weighted by atomic mass is 35.5. The Morgan fingerprint density at radius 2 is 2.50 bits per heavy atom. The molecule has 0 aliphatic rings. The van der Waals surface area contributed by atoms with Gasteiger partial charge in [-0.1, -0.05) is 0 Å². The van der Waals surface area contributed by atoms with Crippen LogP contribution in [-0.4, -0.2) is 16.1 Å². The molecule has 0 atom stereocenters. The number of aromatic nitrogens is 1. The second-order valence-electron chi connectivity index (χ2n) is 1.94. The maximum Gasteiger partial charge on any atom is 0.251 e. The van der Waals surface area contributed by atoms with E-state index in [0.29, 0.717) is 11.6 Å². The lowest BCUT2D eigenvalue weighted by Gasteiger charge is -1.87. The first-order chi connectivity index (χ1) is 4.83. The molecule has 0 aliphatic heterocycles. The molecule has 0 aromatic carbocycles. The van der Waals surface area contributed by atoms with Gasteiger partial charge in [-0.15, -0.1) is 11.6 Å². The molecule has 0 unspecified atom stereocenters. The van der Waals surface area contributed by atoms with Crippen LogP contribution in [0.5, 0.6) is 5.88 Å². The molecule has 0 aliphatic carbocycles. The first-order valence-corrected chi connectivity index (χ1v) is 3.57. The van der Waals surface area contributed by atoms with Crippen LogP contribution >= 0.6 is 11.6 Å². The quantitative estimate of drug-likeness (QED) is 0.685. The summed E-state index contributed by atoms with van der Waals surface area (Å²) in [7, 11) is 0. The monoisotopic (exact) mass is 161 g/mol. The van der Waals surface area contributed by atoms with Crippen molar-refractivity contribution in [3.05, 3.63) is 11.8 Å². The summed E-state index contributed by atoms with van der Waals surface area (Å²) >= 11 is 5.43. The van der Waals surface area contributed by atoms with Gasteiger partial charge in [0.2, 0.25) is 0 Å². The zero-order chi connectivity index (χ0) is 7.40. The molecule has 4 heteroatoms. The van der Waals surface area contributed by atoms with Crippen LogP contribution in [0.2, 0.25) is 0 Å². The van der Waals surface area contributed by atoms with Gasteiger partial charge in [0.05, 0.1) is 0 Å². The Balaban J connectivity index is 2.42. The van der Waals surface area contributed by atoms with Crippen LogP contribution in [0.1, 0.15) is 12.2 Å². The first kappa shape index (κ1) is 7.41. The number of hydrogen-bond acceptors (Lipinski definition) is 3. The fraction of sp³-hybridized carbons (Fsp3) is 0.500. The predicted octanol–water partition coefficient (Wildman–Crippen LogP) is 1.55. The number of nitrogens with zero attached hydrogens (tertiary/aromatic N) is 1. The van der Waals surface area contributed by atoms with Crippen molar-refractivity contribution in [2.24, 2.45) is 0 Å². The number of aryl methyl sites for hydroxylation is 1. The van der Waals surface area contributed by atoms with E-state index < -0.39 is 0 Å². The summed E-state index contributed by atoms with van der Waals surface area (Å²) in [6.07, 6.45) is 1.58. The molecule has 0 amide bonds. The molecule has 0 radical (unpaired) electrons. The standard InChI is InChI=1S/C6H8ClNO2/c7-3-1-2-5-4-6(9)8-10-5/h4H,1-3H2,(H,8,9). The van der Waals surface area contributed by atoms with Gasteiger partial charge >= 0.3 is 0 Å². The molecule has 1 rings (SSSR count). The van der Waals surface area contributed by atoms with Gasteiger partial charge in [-0.25, -0.2) is 0 Å². The summed E-state index contributed by atoms with van der Waals surface area (Å²) in [6.45, 7) is 0. The Kier molecular flexibility index (Phi) is 2.57. The first-order valence-electron chi connectivity index (χ1n) is 3.03. The van der Waals surface area contributed by atoms with Crippen molar-refractivity contribution in [1.29, 1.82) is 0 Å². The summed E-state index contributed by atoms with van der Waals surface area (Å²) < 4.78 is 4.71. The summed E-state index contributed by atoms with van der Waals surface area (Å²) in [6, 6.07) is 1.49. The van der Waals surface area contributed by atoms with E-state index in [9.17, 15) is 0 Å². The lowest BCUT2D eigenvalue weighted by Crippen LogP contribution is -1.81. The van der Waals surface area contributed by atoms with Crippen molar-refractivity contribution in [2.75, 3.05) is 5.88 Å². The number of hydrogen-bond donors (Lipinski definition) is 1. The highest BCUT2D eigenvalue weighted by Gasteiger charge is 1.99. The topological polar surface area (TPSA) is 46.3 Å². The Bertz CT molecular complexity index is 199. The Labute approximate surface area is 63.6 Å². The van der Waals surface area contributed by atoms with Gasteiger partial charge in [-0.3, -0.25) is 0 Å². The van der Waals surface area contributed by atoms with E-state index >= 15 is 0 Å². The molecule has 3 nitrogen and oxygen atoms in total. The van der Waals surface area contributed by atoms with E-state index in [1.807, 2.05) is 0 Å². The normalized spacial score (nSPS) is 10.1. The molecule has 0 spiro atoms. The van der Waals surface area contributed by atoms with Gasteiger partial charge in [-0.2, -0.15) is 0 Å². The zero-order valence-electron chi connectivity index (χ0n) is 5.38. The number of alkyl halides is 1. The second kappa shape index (κ2) is 3.46. The van der Waals surface area contributed by atoms with Gasteiger partial charge in [0.1, 0.15) is 5.76 Å². The molecule has 1 N–H and O–H groups in total. The largest absolute Gasteiger partial charge is 0.491 e. The molecule has 10 heavy (non-hydrogen) atoms. The maximum absolute atomic E-state index is 8.71. The van der Waals surface area contributed by atoms with Crippen molar-refractivity contribution < 1.29 is 9.63 Å². The third-order valence-corrected chi connectivity index (χ3v) is 1.37. The van der Waals surface area contributed by atoms with Gasteiger partial charge in [0.15, 0.2) is 0 Å². The van der Waals surface area contributed by atoms with E-state index in [1.54, 1.807) is 0 Å². The Morgan fingerprint density at radius 1 is 1.70 bits per heavy atom. The summed E-state index contributed by atoms with van der Waals surface area (Å²) in [5, 5.41) is 12.0. The number of halogens is 1. The molecule has 1 aromatic heterocycles. The van der Waals surface area contributed by atoms with Crippen LogP contribution in [0.15, 0.2) is 10.6 Å². The third-order valence-electron chi connectivity index (χ3n) is 1.10. The predicted molar refractivity (Wildman–Crippen MR) is 37.2 cm³/mol. The van der Waals surface area contributed by atoms with Gasteiger partial charge in [0.25, 0.3) is 5.88 Å². The molecule has 0 saturated heterocycles. The lowest BCUT2D eigenvalue weighted by atomic mass is 10.3. The van der Waals surface area contributed by atoms with Gasteiger partial charge in [-0.05, 0) is 11.6 Å². The molecular weight excluding hydrogens is 154 g/mol. The van der Waals surface area contributed by atoms with Crippen LogP contribution in [0, 0.1) is 0 Å². The van der Waals surface area contributed by atoms with Gasteiger partial charge in [0, 0.05) is 18.4 Å². The SMILES string of the molecule is Oc1cc(CCCCl)on1. The minimum absolute atomic E-state index is 0.0652. The highest BCUT2D eigenvalue weighted by molar-refractivity contribution is 6.17. The van der Waals surface area contributed by atoms with Crippen molar-refractivity contribution in [2.45, 2.75) is 12.8 Å². The Morgan fingerprint density at radius 3 is 3.00 bits per heavy atom. The molecular formula is C6H8ClNO2. The van der Waals surface area contributed by atoms with Crippen molar-refractivity contribution in [3.63, 3.8) is 0 Å². The zero-order valence-corrected chi connectivity index (χ0v) is 6.14. The third kappa shape index (κ3) is 1.92. The summed E-state index contributed by atoms with van der Waals surface area (Å²) in [4.78, 5) is 0. The van der Waals surface area contributed by atoms with Crippen LogP contribution in [0.3, 0.4) is 0 Å². The van der Waals surface area contributed by atoms with Crippen LogP contribution in [0.25, 0.3) is 0 Å². The van der Waals surface area contributed by atoms with Crippen LogP contribution in [0.4, 0.5) is 0 Å². The average molecular weight is 162 g/mol. The van der Waals surface area contributed by atoms with E-state index in [1.165, 1.54) is 6.07 Å². The summed E-state index contributed by atoms with van der Waals surface area (Å²) in [5.74, 6) is 1.21. The van der Waals surface area contributed by atoms with E-state index in [0.717, 1.165) is 12.8 Å². The van der Waals surface area contributed by atoms with Gasteiger partial charge < -0.3 is 9.63 Å². The smallest absolute Gasteiger partial charge is 0.251 e. The van der Waals surface area contributed by atoms with Crippen molar-refractivity contribution in [3.8, 4) is 5.88 Å². The number of aromatic hydroxyl groups is 1. The molecule has 0 fully saturated rings. The van der Waals surface area contributed by atoms with Crippen LogP contribution in [-0.2, 0) is 6.42 Å². The van der Waals surface area contributed by atoms with Crippen molar-refractivity contribution in [1.82, 2.24) is 5.16 Å². The summed E-state index contributed by atoms with van der Waals surface area (Å²) in [5.41, 5.74) is 0. The second-order valence-corrected chi connectivity index (χ2v) is 2.32. The highest BCUT2D eigenvalue weighted by Crippen LogP contribution is 2.10. The molecule has 0 bridgehead atoms. The molecule has 56 valence electrons. The minimum atomic E-state index is -0.0652. The average Bonchev–Trinajstić information content (AvgIpc) is 2.31. The van der Waals surface area contributed by atoms with E-state index in [2.05, 4.69) is 5.16 Å². The maximum atomic E-state index is 8.71. The van der Waals surface area contributed by atoms with E-state index in [-0.39, 0.29) is 5.88 Å².